The van der Waals surface area contributed by atoms with Crippen LogP contribution in [0.2, 0.25) is 0 Å². The van der Waals surface area contributed by atoms with Gasteiger partial charge in [0.15, 0.2) is 0 Å². The number of hydrogen-bond donors (Lipinski definition) is 0. The third-order valence-electron chi connectivity index (χ3n) is 7.72. The summed E-state index contributed by atoms with van der Waals surface area (Å²) in [6.07, 6.45) is 8.02. The van der Waals surface area contributed by atoms with Gasteiger partial charge in [0.25, 0.3) is 0 Å². The molecule has 0 atom stereocenters. The van der Waals surface area contributed by atoms with Gasteiger partial charge in [0.2, 0.25) is 0 Å². The summed E-state index contributed by atoms with van der Waals surface area (Å²) < 4.78 is 0. The average molecular weight is 651 g/mol. The van der Waals surface area contributed by atoms with Crippen LogP contribution < -0.4 is 0 Å². The molecule has 0 nitrogen and oxygen atoms in total. The van der Waals surface area contributed by atoms with Gasteiger partial charge in [-0.1, -0.05) is 209 Å². The Morgan fingerprint density at radius 2 is 0.979 bits per heavy atom. The zero-order valence-electron chi connectivity index (χ0n) is 35.3. The third-order valence-corrected chi connectivity index (χ3v) is 7.72. The van der Waals surface area contributed by atoms with E-state index in [-0.39, 0.29) is 0 Å². The fourth-order valence-corrected chi connectivity index (χ4v) is 2.85. The van der Waals surface area contributed by atoms with E-state index in [2.05, 4.69) is 162 Å². The fraction of sp³-hybridized carbons (Fsp3) is 0.617. The Morgan fingerprint density at radius 3 is 1.17 bits per heavy atom. The van der Waals surface area contributed by atoms with Gasteiger partial charge in [0.05, 0.1) is 0 Å². The highest BCUT2D eigenvalue weighted by Crippen LogP contribution is 2.20. The lowest BCUT2D eigenvalue weighted by atomic mass is 9.96. The Morgan fingerprint density at radius 1 is 0.596 bits per heavy atom. The van der Waals surface area contributed by atoms with E-state index < -0.39 is 0 Å². The lowest BCUT2D eigenvalue weighted by Gasteiger charge is -2.10. The summed E-state index contributed by atoms with van der Waals surface area (Å²) >= 11 is 0. The first-order valence-corrected chi connectivity index (χ1v) is 18.6. The zero-order chi connectivity index (χ0) is 38.3. The van der Waals surface area contributed by atoms with E-state index in [0.29, 0.717) is 35.5 Å². The van der Waals surface area contributed by atoms with Gasteiger partial charge in [-0.05, 0) is 85.2 Å². The van der Waals surface area contributed by atoms with Crippen LogP contribution >= 0.6 is 0 Å². The summed E-state index contributed by atoms with van der Waals surface area (Å²) in [5.41, 5.74) is 7.85. The molecule has 0 spiro atoms. The summed E-state index contributed by atoms with van der Waals surface area (Å²) in [6, 6.07) is 10.3. The Labute approximate surface area is 299 Å². The molecule has 1 rings (SSSR count). The molecular weight excluding hydrogens is 565 g/mol. The van der Waals surface area contributed by atoms with Crippen molar-refractivity contribution in [3.8, 4) is 0 Å². The van der Waals surface area contributed by atoms with Crippen LogP contribution in [-0.4, -0.2) is 0 Å². The van der Waals surface area contributed by atoms with E-state index in [1.165, 1.54) is 59.1 Å². The van der Waals surface area contributed by atoms with Gasteiger partial charge >= 0.3 is 0 Å². The smallest absolute Gasteiger partial charge is 0.0219 e. The van der Waals surface area contributed by atoms with E-state index in [0.717, 1.165) is 12.3 Å². The van der Waals surface area contributed by atoms with Crippen LogP contribution in [0.4, 0.5) is 0 Å². The molecule has 0 N–H and O–H groups in total. The third kappa shape index (κ3) is 43.7. The molecule has 0 bridgehead atoms. The maximum atomic E-state index is 4.02. The predicted molar refractivity (Wildman–Crippen MR) is 226 cm³/mol. The predicted octanol–water partition coefficient (Wildman–Crippen LogP) is 16.6. The Balaban J connectivity index is -0.000000153. The van der Waals surface area contributed by atoms with Crippen LogP contribution in [0.1, 0.15) is 155 Å². The maximum Gasteiger partial charge on any atom is -0.0219 e. The lowest BCUT2D eigenvalue weighted by molar-refractivity contribution is 0.589. The first-order chi connectivity index (χ1) is 21.5. The first-order valence-electron chi connectivity index (χ1n) is 18.6. The molecule has 0 saturated carbocycles. The number of hydrogen-bond acceptors (Lipinski definition) is 0. The molecule has 0 fully saturated rings. The summed E-state index contributed by atoms with van der Waals surface area (Å²) in [4.78, 5) is 0. The lowest BCUT2D eigenvalue weighted by Crippen LogP contribution is -1.96. The van der Waals surface area contributed by atoms with Crippen LogP contribution in [0.15, 0.2) is 98.2 Å². The van der Waals surface area contributed by atoms with Crippen LogP contribution in [0, 0.1) is 41.4 Å². The molecule has 0 aromatic heterocycles. The van der Waals surface area contributed by atoms with Crippen molar-refractivity contribution >= 4 is 5.57 Å². The molecule has 0 amide bonds. The molecule has 274 valence electrons. The highest BCUT2D eigenvalue weighted by molar-refractivity contribution is 5.64. The summed E-state index contributed by atoms with van der Waals surface area (Å²) in [5, 5.41) is 0. The van der Waals surface area contributed by atoms with Crippen molar-refractivity contribution in [3.63, 3.8) is 0 Å². The summed E-state index contributed by atoms with van der Waals surface area (Å²) in [6.45, 7) is 60.0. The molecule has 0 radical (unpaired) electrons. The minimum atomic E-state index is 0.539. The van der Waals surface area contributed by atoms with Crippen LogP contribution in [-0.2, 0) is 0 Å². The van der Waals surface area contributed by atoms with Crippen molar-refractivity contribution in [1.82, 2.24) is 0 Å². The topological polar surface area (TPSA) is 0 Å². The van der Waals surface area contributed by atoms with Crippen LogP contribution in [0.25, 0.3) is 5.57 Å². The molecule has 1 aromatic rings. The quantitative estimate of drug-likeness (QED) is 0.186. The number of rotatable bonds is 13. The Hall–Kier alpha value is -2.34. The molecule has 1 aromatic carbocycles. The number of unbranched alkanes of at least 4 members (excludes halogenated alkanes) is 1. The molecule has 47 heavy (non-hydrogen) atoms. The first kappa shape index (κ1) is 54.1. The van der Waals surface area contributed by atoms with Crippen molar-refractivity contribution < 1.29 is 0 Å². The molecule has 0 heteroatoms. The molecule has 0 aliphatic heterocycles. The second kappa shape index (κ2) is 35.0. The molecule has 0 aliphatic carbocycles. The van der Waals surface area contributed by atoms with Crippen molar-refractivity contribution in [2.24, 2.45) is 41.4 Å². The minimum Gasteiger partial charge on any atom is -0.103 e. The number of allylic oxidation sites excluding steroid dienone is 6. The monoisotopic (exact) mass is 651 g/mol. The second-order valence-corrected chi connectivity index (χ2v) is 15.0. The van der Waals surface area contributed by atoms with E-state index >= 15 is 0 Å². The zero-order valence-corrected chi connectivity index (χ0v) is 35.3. The molecule has 0 unspecified atom stereocenters. The summed E-state index contributed by atoms with van der Waals surface area (Å²) in [7, 11) is 0. The normalized spacial score (nSPS) is 9.96. The maximum absolute atomic E-state index is 4.02. The van der Waals surface area contributed by atoms with Gasteiger partial charge in [-0.3, -0.25) is 0 Å². The van der Waals surface area contributed by atoms with Crippen molar-refractivity contribution in [2.75, 3.05) is 0 Å². The van der Waals surface area contributed by atoms with Gasteiger partial charge in [-0.15, -0.1) is 6.58 Å². The van der Waals surface area contributed by atoms with Gasteiger partial charge in [-0.2, -0.15) is 0 Å². The Bertz CT molecular complexity index is 912. The average Bonchev–Trinajstić information content (AvgIpc) is 3.00. The van der Waals surface area contributed by atoms with E-state index in [1.807, 2.05) is 31.2 Å². The molecule has 0 heterocycles. The highest BCUT2D eigenvalue weighted by Gasteiger charge is 2.02. The number of benzene rings is 1. The molecule has 0 aliphatic rings. The van der Waals surface area contributed by atoms with Crippen LogP contribution in [0.5, 0.6) is 0 Å². The minimum absolute atomic E-state index is 0.539. The second-order valence-electron chi connectivity index (χ2n) is 15.0. The van der Waals surface area contributed by atoms with E-state index in [9.17, 15) is 0 Å². The highest BCUT2D eigenvalue weighted by atomic mass is 14.1. The Kier molecular flexibility index (Phi) is 40.3. The van der Waals surface area contributed by atoms with Gasteiger partial charge in [-0.25, -0.2) is 0 Å². The fourth-order valence-electron chi connectivity index (χ4n) is 2.85. The van der Waals surface area contributed by atoms with Crippen LogP contribution in [0.3, 0.4) is 0 Å². The molecular formula is C47H86. The standard InChI is InChI=1S/C11H14.2C9H18.C7H14.C6H12.C5H10/c1-9(2)10(3)11-7-5-4-6-8-11;1-7(2)6-9(5)8(3)4;1-5-6-7-9(4)8(2)3;1-5-7(4)6(2)3;1-5(2)6(3)4;1-4-5(2)3/h4-9H,3H2,1-2H3;7-8H,5-6H2,1-4H3;8H,4-7H2,1-3H3;6H,4-5H2,1-3H3;6H,1H2,2-4H3;4-5H,1H2,2-3H3. The van der Waals surface area contributed by atoms with Gasteiger partial charge in [0.1, 0.15) is 0 Å². The van der Waals surface area contributed by atoms with Crippen molar-refractivity contribution in [3.05, 3.63) is 104 Å². The summed E-state index contributed by atoms with van der Waals surface area (Å²) in [5.74, 6) is 4.62. The van der Waals surface area contributed by atoms with Crippen molar-refractivity contribution in [1.29, 1.82) is 0 Å². The van der Waals surface area contributed by atoms with Crippen molar-refractivity contribution in [2.45, 2.75) is 150 Å². The molecule has 0 saturated heterocycles. The largest absolute Gasteiger partial charge is 0.103 e. The SMILES string of the molecule is C=C(C)C(C)C.C=C(CC(C)C)C(C)C.C=C(CC)C(C)C.C=C(CCCC)C(C)C.C=C(c1ccccc1)C(C)C.C=CC(C)C. The van der Waals surface area contributed by atoms with Gasteiger partial charge in [0, 0.05) is 0 Å². The van der Waals surface area contributed by atoms with E-state index in [1.54, 1.807) is 0 Å². The van der Waals surface area contributed by atoms with E-state index in [4.69, 9.17) is 0 Å². The van der Waals surface area contributed by atoms with Gasteiger partial charge < -0.3 is 0 Å².